The van der Waals surface area contributed by atoms with Crippen molar-refractivity contribution in [2.45, 2.75) is 6.92 Å². The van der Waals surface area contributed by atoms with Crippen LogP contribution in [0.1, 0.15) is 12.5 Å². The molecule has 0 saturated carbocycles. The Balaban J connectivity index is 2.99. The monoisotopic (exact) mass is 199 g/mol. The predicted octanol–water partition coefficient (Wildman–Crippen LogP) is 1.72. The molecule has 13 heavy (non-hydrogen) atoms. The van der Waals surface area contributed by atoms with Crippen LogP contribution in [0.5, 0.6) is 0 Å². The zero-order valence-electron chi connectivity index (χ0n) is 7.25. The molecule has 0 unspecified atom stereocenters. The highest BCUT2D eigenvalue weighted by Gasteiger charge is 2.07. The summed E-state index contributed by atoms with van der Waals surface area (Å²) in [5.74, 6) is 0.722. The van der Waals surface area contributed by atoms with Gasteiger partial charge in [-0.15, -0.1) is 10.2 Å². The second-order valence-corrected chi connectivity index (χ2v) is 2.71. The molecule has 0 spiro atoms. The van der Waals surface area contributed by atoms with Gasteiger partial charge in [-0.3, -0.25) is 0 Å². The molecule has 0 aliphatic heterocycles. The van der Waals surface area contributed by atoms with E-state index in [1.807, 2.05) is 6.92 Å². The Morgan fingerprint density at radius 1 is 1.69 bits per heavy atom. The molecular formula is C8H10ClN3O. The van der Waals surface area contributed by atoms with Crippen LogP contribution in [0.3, 0.4) is 0 Å². The van der Waals surface area contributed by atoms with E-state index in [0.29, 0.717) is 17.9 Å². The molecule has 0 fully saturated rings. The molecule has 0 aliphatic rings. The quantitative estimate of drug-likeness (QED) is 0.753. The summed E-state index contributed by atoms with van der Waals surface area (Å²) >= 11 is 5.64. The van der Waals surface area contributed by atoms with E-state index in [0.717, 1.165) is 0 Å². The third-order valence-electron chi connectivity index (χ3n) is 1.41. The van der Waals surface area contributed by atoms with Crippen molar-refractivity contribution in [1.82, 2.24) is 10.2 Å². The number of nitrogens with zero attached hydrogens (tertiary/aromatic N) is 2. The zero-order chi connectivity index (χ0) is 9.84. The molecule has 70 valence electrons. The van der Waals surface area contributed by atoms with E-state index in [9.17, 15) is 0 Å². The van der Waals surface area contributed by atoms with Gasteiger partial charge < -0.3 is 10.5 Å². The van der Waals surface area contributed by atoms with Crippen molar-refractivity contribution in [2.75, 3.05) is 12.3 Å². The van der Waals surface area contributed by atoms with Crippen LogP contribution in [-0.4, -0.2) is 16.8 Å². The van der Waals surface area contributed by atoms with Crippen molar-refractivity contribution in [2.24, 2.45) is 0 Å². The van der Waals surface area contributed by atoms with Crippen molar-refractivity contribution in [3.63, 3.8) is 0 Å². The summed E-state index contributed by atoms with van der Waals surface area (Å²) in [5, 5.41) is 7.48. The molecule has 1 aromatic rings. The van der Waals surface area contributed by atoms with Crippen molar-refractivity contribution in [3.8, 4) is 0 Å². The molecule has 0 aromatic carbocycles. The summed E-state index contributed by atoms with van der Waals surface area (Å²) < 4.78 is 5.16. The number of nitrogens with two attached hydrogens (primary N) is 1. The highest BCUT2D eigenvalue weighted by molar-refractivity contribution is 6.29. The minimum atomic E-state index is 0.267. The van der Waals surface area contributed by atoms with Crippen LogP contribution >= 0.6 is 11.6 Å². The van der Waals surface area contributed by atoms with Crippen LogP contribution < -0.4 is 5.73 Å². The van der Waals surface area contributed by atoms with E-state index in [4.69, 9.17) is 22.1 Å². The second kappa shape index (κ2) is 4.09. The van der Waals surface area contributed by atoms with Gasteiger partial charge in [0.05, 0.1) is 12.2 Å². The molecule has 2 N–H and O–H groups in total. The molecule has 0 amide bonds. The summed E-state index contributed by atoms with van der Waals surface area (Å²) in [7, 11) is 0. The van der Waals surface area contributed by atoms with Crippen molar-refractivity contribution in [3.05, 3.63) is 23.4 Å². The molecule has 0 bridgehead atoms. The van der Waals surface area contributed by atoms with Gasteiger partial charge in [0.15, 0.2) is 11.0 Å². The number of aromatic nitrogens is 2. The number of anilines is 1. The molecule has 4 nitrogen and oxygen atoms in total. The van der Waals surface area contributed by atoms with Gasteiger partial charge in [-0.2, -0.15) is 0 Å². The first-order valence-corrected chi connectivity index (χ1v) is 4.13. The van der Waals surface area contributed by atoms with Crippen LogP contribution in [0, 0.1) is 0 Å². The lowest BCUT2D eigenvalue weighted by molar-refractivity contribution is 0.299. The Kier molecular flexibility index (Phi) is 3.08. The smallest absolute Gasteiger partial charge is 0.157 e. The lowest BCUT2D eigenvalue weighted by Crippen LogP contribution is -2.01. The molecule has 0 radical (unpaired) electrons. The number of nitrogen functional groups attached to an aromatic ring is 1. The third kappa shape index (κ3) is 2.32. The minimum absolute atomic E-state index is 0.267. The molecular weight excluding hydrogens is 190 g/mol. The maximum Gasteiger partial charge on any atom is 0.157 e. The minimum Gasteiger partial charge on any atom is -0.494 e. The van der Waals surface area contributed by atoms with E-state index in [1.165, 1.54) is 0 Å². The van der Waals surface area contributed by atoms with Gasteiger partial charge in [0.25, 0.3) is 0 Å². The highest BCUT2D eigenvalue weighted by atomic mass is 35.5. The Morgan fingerprint density at radius 3 is 3.00 bits per heavy atom. The zero-order valence-corrected chi connectivity index (χ0v) is 8.01. The summed E-state index contributed by atoms with van der Waals surface area (Å²) in [6.45, 7) is 6.07. The number of hydrogen-bond donors (Lipinski definition) is 1. The standard InChI is InChI=1S/C8H10ClN3O/c1-3-13-5(2)6-4-7(9)11-12-8(6)10/h4H,2-3H2,1H3,(H2,10,12). The molecule has 1 heterocycles. The van der Waals surface area contributed by atoms with E-state index in [1.54, 1.807) is 6.07 Å². The average Bonchev–Trinajstić information content (AvgIpc) is 2.09. The van der Waals surface area contributed by atoms with Crippen molar-refractivity contribution < 1.29 is 4.74 Å². The predicted molar refractivity (Wildman–Crippen MR) is 52.1 cm³/mol. The van der Waals surface area contributed by atoms with Gasteiger partial charge in [-0.25, -0.2) is 0 Å². The second-order valence-electron chi connectivity index (χ2n) is 2.32. The largest absolute Gasteiger partial charge is 0.494 e. The van der Waals surface area contributed by atoms with Gasteiger partial charge in [0.1, 0.15) is 5.76 Å². The highest BCUT2D eigenvalue weighted by Crippen LogP contribution is 2.20. The van der Waals surface area contributed by atoms with Gasteiger partial charge >= 0.3 is 0 Å². The van der Waals surface area contributed by atoms with Crippen molar-refractivity contribution >= 4 is 23.2 Å². The summed E-state index contributed by atoms with van der Waals surface area (Å²) in [5.41, 5.74) is 6.13. The molecule has 0 aliphatic carbocycles. The fraction of sp³-hybridized carbons (Fsp3) is 0.250. The van der Waals surface area contributed by atoms with Gasteiger partial charge in [0.2, 0.25) is 0 Å². The van der Waals surface area contributed by atoms with Crippen LogP contribution in [0.2, 0.25) is 5.15 Å². The van der Waals surface area contributed by atoms with Crippen LogP contribution in [0.4, 0.5) is 5.82 Å². The maximum absolute atomic E-state index is 5.64. The number of ether oxygens (including phenoxy) is 1. The summed E-state index contributed by atoms with van der Waals surface area (Å²) in [6.07, 6.45) is 0. The van der Waals surface area contributed by atoms with E-state index >= 15 is 0 Å². The van der Waals surface area contributed by atoms with E-state index in [-0.39, 0.29) is 11.0 Å². The van der Waals surface area contributed by atoms with Crippen LogP contribution in [0.25, 0.3) is 5.76 Å². The molecule has 0 saturated heterocycles. The fourth-order valence-corrected chi connectivity index (χ4v) is 1.000. The van der Waals surface area contributed by atoms with Gasteiger partial charge in [-0.1, -0.05) is 18.2 Å². The Bertz CT molecular complexity index is 327. The van der Waals surface area contributed by atoms with Gasteiger partial charge in [-0.05, 0) is 13.0 Å². The first-order valence-electron chi connectivity index (χ1n) is 3.76. The topological polar surface area (TPSA) is 61.0 Å². The molecule has 1 rings (SSSR count). The van der Waals surface area contributed by atoms with E-state index in [2.05, 4.69) is 16.8 Å². The number of halogens is 1. The number of hydrogen-bond acceptors (Lipinski definition) is 4. The molecule has 1 aromatic heterocycles. The Morgan fingerprint density at radius 2 is 2.38 bits per heavy atom. The van der Waals surface area contributed by atoms with Crippen LogP contribution in [-0.2, 0) is 4.74 Å². The first kappa shape index (κ1) is 9.80. The SMILES string of the molecule is C=C(OCC)c1cc(Cl)nnc1N. The summed E-state index contributed by atoms with van der Waals surface area (Å²) in [4.78, 5) is 0. The molecule has 5 heteroatoms. The van der Waals surface area contributed by atoms with E-state index < -0.39 is 0 Å². The lowest BCUT2D eigenvalue weighted by Gasteiger charge is -2.07. The summed E-state index contributed by atoms with van der Waals surface area (Å²) in [6, 6.07) is 1.57. The van der Waals surface area contributed by atoms with Gasteiger partial charge in [0, 0.05) is 0 Å². The molecule has 0 atom stereocenters. The average molecular weight is 200 g/mol. The first-order chi connectivity index (χ1) is 6.15. The third-order valence-corrected chi connectivity index (χ3v) is 1.60. The Hall–Kier alpha value is -1.29. The lowest BCUT2D eigenvalue weighted by atomic mass is 10.2. The van der Waals surface area contributed by atoms with Crippen LogP contribution in [0.15, 0.2) is 12.6 Å². The van der Waals surface area contributed by atoms with Crippen molar-refractivity contribution in [1.29, 1.82) is 0 Å². The fourth-order valence-electron chi connectivity index (χ4n) is 0.853. The normalized spacial score (nSPS) is 9.69. The maximum atomic E-state index is 5.64. The Labute approximate surface area is 81.4 Å². The number of rotatable bonds is 3.